The molecule has 120 valence electrons. The number of aromatic hydroxyl groups is 1. The number of carbonyl (C=O) groups is 1. The van der Waals surface area contributed by atoms with Crippen molar-refractivity contribution < 1.29 is 32.2 Å². The van der Waals surface area contributed by atoms with Gasteiger partial charge < -0.3 is 14.3 Å². The van der Waals surface area contributed by atoms with Crippen LogP contribution in [0.4, 0.5) is 13.2 Å². The first-order valence-electron chi connectivity index (χ1n) is 6.59. The van der Waals surface area contributed by atoms with Crippen LogP contribution < -0.4 is 0 Å². The van der Waals surface area contributed by atoms with Crippen molar-refractivity contribution in [1.29, 1.82) is 0 Å². The molecule has 3 aromatic rings. The van der Waals surface area contributed by atoms with E-state index < -0.39 is 34.6 Å². The van der Waals surface area contributed by atoms with Crippen LogP contribution in [0.1, 0.15) is 21.5 Å². The average molecular weight is 324 g/mol. The SMILES string of the molecule is COC(=O)c1c(O)c(C)c(C(F)(F)F)c2oc3ccccc3c12. The number of fused-ring (bicyclic) bond motifs is 3. The van der Waals surface area contributed by atoms with Crippen molar-refractivity contribution in [2.45, 2.75) is 13.1 Å². The van der Waals surface area contributed by atoms with Crippen molar-refractivity contribution in [3.05, 3.63) is 41.0 Å². The van der Waals surface area contributed by atoms with Crippen LogP contribution in [0.3, 0.4) is 0 Å². The summed E-state index contributed by atoms with van der Waals surface area (Å²) in [4.78, 5) is 12.0. The number of phenols is 1. The second kappa shape index (κ2) is 4.91. The first-order chi connectivity index (χ1) is 10.8. The van der Waals surface area contributed by atoms with E-state index in [4.69, 9.17) is 4.42 Å². The maximum Gasteiger partial charge on any atom is 0.420 e. The maximum absolute atomic E-state index is 13.4. The normalized spacial score (nSPS) is 12.0. The lowest BCUT2D eigenvalue weighted by Gasteiger charge is -2.15. The van der Waals surface area contributed by atoms with Crippen LogP contribution in [-0.4, -0.2) is 18.2 Å². The average Bonchev–Trinajstić information content (AvgIpc) is 2.85. The van der Waals surface area contributed by atoms with Gasteiger partial charge in [-0.15, -0.1) is 0 Å². The number of rotatable bonds is 1. The van der Waals surface area contributed by atoms with Gasteiger partial charge in [-0.25, -0.2) is 4.79 Å². The van der Waals surface area contributed by atoms with Crippen molar-refractivity contribution >= 4 is 27.9 Å². The Morgan fingerprint density at radius 1 is 1.26 bits per heavy atom. The molecule has 0 atom stereocenters. The number of alkyl halides is 3. The van der Waals surface area contributed by atoms with Gasteiger partial charge in [-0.05, 0) is 13.0 Å². The van der Waals surface area contributed by atoms with Gasteiger partial charge in [-0.3, -0.25) is 0 Å². The minimum absolute atomic E-state index is 0.108. The Balaban J connectivity index is 2.63. The van der Waals surface area contributed by atoms with E-state index in [1.54, 1.807) is 12.1 Å². The molecular formula is C16H11F3O4. The van der Waals surface area contributed by atoms with Gasteiger partial charge in [0, 0.05) is 16.3 Å². The molecule has 0 radical (unpaired) electrons. The summed E-state index contributed by atoms with van der Waals surface area (Å²) >= 11 is 0. The molecule has 0 spiro atoms. The quantitative estimate of drug-likeness (QED) is 0.674. The van der Waals surface area contributed by atoms with Crippen LogP contribution in [0.15, 0.2) is 28.7 Å². The van der Waals surface area contributed by atoms with E-state index in [0.29, 0.717) is 5.39 Å². The topological polar surface area (TPSA) is 59.7 Å². The Morgan fingerprint density at radius 2 is 1.91 bits per heavy atom. The van der Waals surface area contributed by atoms with Crippen LogP contribution in [0.25, 0.3) is 21.9 Å². The fourth-order valence-corrected chi connectivity index (χ4v) is 2.71. The highest BCUT2D eigenvalue weighted by molar-refractivity contribution is 6.18. The van der Waals surface area contributed by atoms with Crippen molar-refractivity contribution in [2.24, 2.45) is 0 Å². The second-order valence-corrected chi connectivity index (χ2v) is 5.02. The van der Waals surface area contributed by atoms with Crippen LogP contribution in [0.5, 0.6) is 5.75 Å². The van der Waals surface area contributed by atoms with Crippen LogP contribution in [0, 0.1) is 6.92 Å². The van der Waals surface area contributed by atoms with Crippen molar-refractivity contribution in [2.75, 3.05) is 7.11 Å². The molecule has 4 nitrogen and oxygen atoms in total. The molecule has 7 heteroatoms. The molecule has 0 aliphatic heterocycles. The number of hydrogen-bond donors (Lipinski definition) is 1. The van der Waals surface area contributed by atoms with Crippen molar-refractivity contribution in [1.82, 2.24) is 0 Å². The standard InChI is InChI=1S/C16H11F3O4/c1-7-12(16(17,18)19)14-10(11(13(7)20)15(21)22-2)8-5-3-4-6-9(8)23-14/h3-6,20H,1-2H3. The molecule has 0 fully saturated rings. The number of para-hydroxylation sites is 1. The summed E-state index contributed by atoms with van der Waals surface area (Å²) in [5.74, 6) is -1.70. The number of phenolic OH excluding ortho intramolecular Hbond substituents is 1. The van der Waals surface area contributed by atoms with E-state index in [-0.39, 0.29) is 16.5 Å². The van der Waals surface area contributed by atoms with Crippen LogP contribution in [0.2, 0.25) is 0 Å². The van der Waals surface area contributed by atoms with Crippen molar-refractivity contribution in [3.8, 4) is 5.75 Å². The lowest BCUT2D eigenvalue weighted by Crippen LogP contribution is -2.11. The second-order valence-electron chi connectivity index (χ2n) is 5.02. The number of carbonyl (C=O) groups excluding carboxylic acids is 1. The van der Waals surface area contributed by atoms with Gasteiger partial charge in [0.05, 0.1) is 7.11 Å². The van der Waals surface area contributed by atoms with E-state index in [0.717, 1.165) is 14.0 Å². The predicted molar refractivity (Wildman–Crippen MR) is 76.5 cm³/mol. The summed E-state index contributed by atoms with van der Waals surface area (Å²) in [5, 5.41) is 10.4. The third-order valence-electron chi connectivity index (χ3n) is 3.71. The minimum atomic E-state index is -4.75. The molecule has 23 heavy (non-hydrogen) atoms. The predicted octanol–water partition coefficient (Wildman–Crippen LogP) is 4.41. The zero-order valence-corrected chi connectivity index (χ0v) is 12.1. The number of esters is 1. The summed E-state index contributed by atoms with van der Waals surface area (Å²) in [5.41, 5.74) is -2.23. The van der Waals surface area contributed by atoms with Gasteiger partial charge >= 0.3 is 12.1 Å². The number of furan rings is 1. The molecule has 0 aliphatic rings. The van der Waals surface area contributed by atoms with Gasteiger partial charge in [-0.2, -0.15) is 13.2 Å². The molecule has 0 saturated heterocycles. The molecule has 1 N–H and O–H groups in total. The Bertz CT molecular complexity index is 938. The third-order valence-corrected chi connectivity index (χ3v) is 3.71. The first kappa shape index (κ1) is 15.2. The van der Waals surface area contributed by atoms with Gasteiger partial charge in [0.2, 0.25) is 0 Å². The van der Waals surface area contributed by atoms with Gasteiger partial charge in [-0.1, -0.05) is 18.2 Å². The molecule has 2 aromatic carbocycles. The smallest absolute Gasteiger partial charge is 0.420 e. The number of halogens is 3. The minimum Gasteiger partial charge on any atom is -0.507 e. The van der Waals surface area contributed by atoms with E-state index in [1.165, 1.54) is 12.1 Å². The molecule has 0 saturated carbocycles. The lowest BCUT2D eigenvalue weighted by atomic mass is 9.96. The summed E-state index contributed by atoms with van der Waals surface area (Å²) in [7, 11) is 1.09. The van der Waals surface area contributed by atoms with Crippen molar-refractivity contribution in [3.63, 3.8) is 0 Å². The first-order valence-corrected chi connectivity index (χ1v) is 6.59. The fraction of sp³-hybridized carbons (Fsp3) is 0.188. The molecule has 1 heterocycles. The summed E-state index contributed by atoms with van der Waals surface area (Å²) in [6, 6.07) is 6.20. The number of hydrogen-bond acceptors (Lipinski definition) is 4. The summed E-state index contributed by atoms with van der Waals surface area (Å²) < 4.78 is 50.2. The summed E-state index contributed by atoms with van der Waals surface area (Å²) in [6.45, 7) is 1.08. The fourth-order valence-electron chi connectivity index (χ4n) is 2.71. The largest absolute Gasteiger partial charge is 0.507 e. The van der Waals surface area contributed by atoms with Crippen LogP contribution >= 0.6 is 0 Å². The maximum atomic E-state index is 13.4. The number of benzene rings is 2. The number of ether oxygens (including phenoxy) is 1. The van der Waals surface area contributed by atoms with Gasteiger partial charge in [0.15, 0.2) is 0 Å². The zero-order valence-electron chi connectivity index (χ0n) is 12.1. The van der Waals surface area contributed by atoms with E-state index in [1.807, 2.05) is 0 Å². The molecule has 0 unspecified atom stereocenters. The van der Waals surface area contributed by atoms with Gasteiger partial charge in [0.1, 0.15) is 28.0 Å². The zero-order chi connectivity index (χ0) is 16.9. The highest BCUT2D eigenvalue weighted by Gasteiger charge is 2.40. The van der Waals surface area contributed by atoms with Crippen LogP contribution in [-0.2, 0) is 10.9 Å². The summed E-state index contributed by atoms with van der Waals surface area (Å²) in [6.07, 6.45) is -4.75. The molecular weight excluding hydrogens is 313 g/mol. The highest BCUT2D eigenvalue weighted by atomic mass is 19.4. The third kappa shape index (κ3) is 2.11. The Morgan fingerprint density at radius 3 is 2.52 bits per heavy atom. The van der Waals surface area contributed by atoms with E-state index >= 15 is 0 Å². The Labute approximate surface area is 128 Å². The Hall–Kier alpha value is -2.70. The molecule has 0 aliphatic carbocycles. The molecule has 3 rings (SSSR count). The van der Waals surface area contributed by atoms with E-state index in [9.17, 15) is 23.1 Å². The monoisotopic (exact) mass is 324 g/mol. The Kier molecular flexibility index (Phi) is 3.24. The molecule has 0 bridgehead atoms. The highest BCUT2D eigenvalue weighted by Crippen LogP contribution is 2.46. The van der Waals surface area contributed by atoms with Gasteiger partial charge in [0.25, 0.3) is 0 Å². The molecule has 0 amide bonds. The number of methoxy groups -OCH3 is 1. The lowest BCUT2D eigenvalue weighted by molar-refractivity contribution is -0.137. The molecule has 1 aromatic heterocycles. The van der Waals surface area contributed by atoms with E-state index in [2.05, 4.69) is 4.74 Å².